The van der Waals surface area contributed by atoms with Gasteiger partial charge in [0.15, 0.2) is 6.61 Å². The number of thioether (sulfide) groups is 1. The first-order valence-corrected chi connectivity index (χ1v) is 10.3. The molecule has 3 aromatic rings. The van der Waals surface area contributed by atoms with Crippen LogP contribution in [0.25, 0.3) is 0 Å². The fourth-order valence-corrected chi connectivity index (χ4v) is 3.49. The summed E-state index contributed by atoms with van der Waals surface area (Å²) in [5, 5.41) is 4.45. The van der Waals surface area contributed by atoms with Gasteiger partial charge in [-0.25, -0.2) is 4.98 Å². The lowest BCUT2D eigenvalue weighted by molar-refractivity contribution is -0.123. The number of benzene rings is 1. The number of rotatable bonds is 8. The quantitative estimate of drug-likeness (QED) is 0.421. The fraction of sp³-hybridized carbons (Fsp3) is 0.238. The SMILES string of the molecule is CCc1ccccc1OCC(=O)NNC(=O)c1cccnc1SCc1cc(C)on1. The summed E-state index contributed by atoms with van der Waals surface area (Å²) in [5.74, 6) is 0.937. The lowest BCUT2D eigenvalue weighted by Crippen LogP contribution is -2.44. The van der Waals surface area contributed by atoms with Crippen LogP contribution in [0.1, 0.15) is 34.3 Å². The van der Waals surface area contributed by atoms with Gasteiger partial charge in [0.2, 0.25) is 0 Å². The Hall–Kier alpha value is -3.33. The van der Waals surface area contributed by atoms with Gasteiger partial charge in [0, 0.05) is 18.0 Å². The Bertz CT molecular complexity index is 1020. The molecule has 0 fully saturated rings. The van der Waals surface area contributed by atoms with Gasteiger partial charge >= 0.3 is 0 Å². The summed E-state index contributed by atoms with van der Waals surface area (Å²) < 4.78 is 10.6. The van der Waals surface area contributed by atoms with Crippen LogP contribution in [-0.2, 0) is 17.0 Å². The molecule has 1 aromatic carbocycles. The predicted molar refractivity (Wildman–Crippen MR) is 112 cm³/mol. The monoisotopic (exact) mass is 426 g/mol. The second-order valence-electron chi connectivity index (χ2n) is 6.33. The maximum absolute atomic E-state index is 12.5. The molecule has 0 saturated carbocycles. The number of hydrazine groups is 1. The summed E-state index contributed by atoms with van der Waals surface area (Å²) in [6, 6.07) is 12.6. The van der Waals surface area contributed by atoms with E-state index in [1.54, 1.807) is 24.4 Å². The number of amides is 2. The molecule has 2 amide bonds. The molecule has 156 valence electrons. The average molecular weight is 426 g/mol. The van der Waals surface area contributed by atoms with Crippen molar-refractivity contribution in [3.8, 4) is 5.75 Å². The minimum Gasteiger partial charge on any atom is -0.483 e. The lowest BCUT2D eigenvalue weighted by atomic mass is 10.1. The van der Waals surface area contributed by atoms with E-state index in [1.165, 1.54) is 11.8 Å². The molecule has 9 heteroatoms. The highest BCUT2D eigenvalue weighted by Crippen LogP contribution is 2.24. The van der Waals surface area contributed by atoms with Crippen LogP contribution in [0.15, 0.2) is 58.2 Å². The number of pyridine rings is 1. The van der Waals surface area contributed by atoms with Gasteiger partial charge in [0.05, 0.1) is 11.3 Å². The van der Waals surface area contributed by atoms with Crippen LogP contribution < -0.4 is 15.6 Å². The van der Waals surface area contributed by atoms with Crippen molar-refractivity contribution in [3.05, 3.63) is 71.2 Å². The van der Waals surface area contributed by atoms with Gasteiger partial charge in [0.25, 0.3) is 11.8 Å². The molecule has 2 aromatic heterocycles. The van der Waals surface area contributed by atoms with Crippen LogP contribution in [0.4, 0.5) is 0 Å². The van der Waals surface area contributed by atoms with Gasteiger partial charge in [-0.15, -0.1) is 0 Å². The van der Waals surface area contributed by atoms with Gasteiger partial charge in [-0.05, 0) is 37.1 Å². The Kier molecular flexibility index (Phi) is 7.45. The molecule has 3 rings (SSSR count). The molecule has 0 aliphatic rings. The van der Waals surface area contributed by atoms with E-state index in [2.05, 4.69) is 21.0 Å². The van der Waals surface area contributed by atoms with Crippen LogP contribution in [0.5, 0.6) is 5.75 Å². The van der Waals surface area contributed by atoms with E-state index in [0.29, 0.717) is 22.1 Å². The standard InChI is InChI=1S/C21H22N4O4S/c1-3-15-7-4-5-9-18(15)28-12-19(26)23-24-20(27)17-8-6-10-22-21(17)30-13-16-11-14(2)29-25-16/h4-11H,3,12-13H2,1-2H3,(H,23,26)(H,24,27). The van der Waals surface area contributed by atoms with Gasteiger partial charge < -0.3 is 9.26 Å². The van der Waals surface area contributed by atoms with E-state index < -0.39 is 11.8 Å². The molecule has 0 bridgehead atoms. The van der Waals surface area contributed by atoms with E-state index in [9.17, 15) is 9.59 Å². The second kappa shape index (κ2) is 10.4. The summed E-state index contributed by atoms with van der Waals surface area (Å²) in [7, 11) is 0. The molecule has 2 heterocycles. The molecular weight excluding hydrogens is 404 g/mol. The third-order valence-electron chi connectivity index (χ3n) is 4.08. The van der Waals surface area contributed by atoms with E-state index in [1.807, 2.05) is 38.1 Å². The zero-order valence-corrected chi connectivity index (χ0v) is 17.5. The number of hydrogen-bond donors (Lipinski definition) is 2. The predicted octanol–water partition coefficient (Wildman–Crippen LogP) is 3.07. The molecule has 0 unspecified atom stereocenters. The Morgan fingerprint density at radius 3 is 2.77 bits per heavy atom. The summed E-state index contributed by atoms with van der Waals surface area (Å²) in [5.41, 5.74) is 6.88. The van der Waals surface area contributed by atoms with Crippen LogP contribution in [0.3, 0.4) is 0 Å². The summed E-state index contributed by atoms with van der Waals surface area (Å²) in [4.78, 5) is 28.8. The van der Waals surface area contributed by atoms with Crippen LogP contribution in [-0.4, -0.2) is 28.6 Å². The molecule has 30 heavy (non-hydrogen) atoms. The highest BCUT2D eigenvalue weighted by atomic mass is 32.2. The zero-order valence-electron chi connectivity index (χ0n) is 16.7. The minimum atomic E-state index is -0.468. The number of carbonyl (C=O) groups excluding carboxylic acids is 2. The molecular formula is C21H22N4O4S. The molecule has 0 aliphatic carbocycles. The van der Waals surface area contributed by atoms with E-state index >= 15 is 0 Å². The number of aryl methyl sites for hydroxylation is 2. The van der Waals surface area contributed by atoms with Crippen molar-refractivity contribution in [1.82, 2.24) is 21.0 Å². The fourth-order valence-electron chi connectivity index (χ4n) is 2.62. The van der Waals surface area contributed by atoms with Crippen molar-refractivity contribution in [2.75, 3.05) is 6.61 Å². The Morgan fingerprint density at radius 1 is 1.17 bits per heavy atom. The van der Waals surface area contributed by atoms with E-state index in [0.717, 1.165) is 23.4 Å². The number of hydrogen-bond acceptors (Lipinski definition) is 7. The Morgan fingerprint density at radius 2 is 2.00 bits per heavy atom. The topological polar surface area (TPSA) is 106 Å². The van der Waals surface area contributed by atoms with E-state index in [4.69, 9.17) is 9.26 Å². The molecule has 0 atom stereocenters. The van der Waals surface area contributed by atoms with E-state index in [-0.39, 0.29) is 6.61 Å². The second-order valence-corrected chi connectivity index (χ2v) is 7.29. The first-order valence-electron chi connectivity index (χ1n) is 9.36. The number of aromatic nitrogens is 2. The molecule has 0 aliphatic heterocycles. The van der Waals surface area contributed by atoms with Crippen molar-refractivity contribution in [1.29, 1.82) is 0 Å². The molecule has 2 N–H and O–H groups in total. The zero-order chi connectivity index (χ0) is 21.3. The first kappa shape index (κ1) is 21.4. The smallest absolute Gasteiger partial charge is 0.276 e. The average Bonchev–Trinajstić information content (AvgIpc) is 3.20. The number of nitrogens with one attached hydrogen (secondary N) is 2. The third-order valence-corrected chi connectivity index (χ3v) is 5.12. The van der Waals surface area contributed by atoms with Crippen LogP contribution in [0.2, 0.25) is 0 Å². The number of para-hydroxylation sites is 1. The van der Waals surface area contributed by atoms with Crippen molar-refractivity contribution >= 4 is 23.6 Å². The van der Waals surface area contributed by atoms with Gasteiger partial charge in [0.1, 0.15) is 16.5 Å². The van der Waals surface area contributed by atoms with Crippen molar-refractivity contribution in [2.45, 2.75) is 31.0 Å². The van der Waals surface area contributed by atoms with Crippen LogP contribution >= 0.6 is 11.8 Å². The third kappa shape index (κ3) is 5.84. The summed E-state index contributed by atoms with van der Waals surface area (Å²) in [6.07, 6.45) is 2.40. The first-order chi connectivity index (χ1) is 14.6. The number of carbonyl (C=O) groups is 2. The normalized spacial score (nSPS) is 10.5. The van der Waals surface area contributed by atoms with Crippen LogP contribution in [0, 0.1) is 6.92 Å². The van der Waals surface area contributed by atoms with Crippen molar-refractivity contribution in [2.24, 2.45) is 0 Å². The minimum absolute atomic E-state index is 0.211. The van der Waals surface area contributed by atoms with Gasteiger partial charge in [-0.3, -0.25) is 20.4 Å². The van der Waals surface area contributed by atoms with Gasteiger partial charge in [-0.1, -0.05) is 42.0 Å². The lowest BCUT2D eigenvalue weighted by Gasteiger charge is -2.12. The highest BCUT2D eigenvalue weighted by Gasteiger charge is 2.15. The Labute approximate surface area is 178 Å². The van der Waals surface area contributed by atoms with Crippen molar-refractivity contribution < 1.29 is 18.8 Å². The Balaban J connectivity index is 1.52. The molecule has 8 nitrogen and oxygen atoms in total. The highest BCUT2D eigenvalue weighted by molar-refractivity contribution is 7.98. The molecule has 0 radical (unpaired) electrons. The molecule has 0 saturated heterocycles. The molecule has 0 spiro atoms. The maximum atomic E-state index is 12.5. The number of nitrogens with zero attached hydrogens (tertiary/aromatic N) is 2. The van der Waals surface area contributed by atoms with Gasteiger partial charge in [-0.2, -0.15) is 0 Å². The largest absolute Gasteiger partial charge is 0.483 e. The number of ether oxygens (including phenoxy) is 1. The summed E-state index contributed by atoms with van der Waals surface area (Å²) >= 11 is 1.36. The summed E-state index contributed by atoms with van der Waals surface area (Å²) in [6.45, 7) is 3.61. The maximum Gasteiger partial charge on any atom is 0.276 e. The van der Waals surface area contributed by atoms with Crippen molar-refractivity contribution in [3.63, 3.8) is 0 Å².